The molecule has 6 heteroatoms. The summed E-state index contributed by atoms with van der Waals surface area (Å²) in [7, 11) is 0. The van der Waals surface area contributed by atoms with Crippen LogP contribution in [0.15, 0.2) is 22.7 Å². The van der Waals surface area contributed by atoms with Crippen LogP contribution in [0.4, 0.5) is 0 Å². The topological polar surface area (TPSA) is 33.2 Å². The average Bonchev–Trinajstić information content (AvgIpc) is 2.65. The predicted octanol–water partition coefficient (Wildman–Crippen LogP) is 2.43. The molecule has 0 aliphatic carbocycles. The molecule has 1 saturated heterocycles. The molecule has 1 aliphatic heterocycles. The predicted molar refractivity (Wildman–Crippen MR) is 73.6 cm³/mol. The van der Waals surface area contributed by atoms with Crippen molar-refractivity contribution in [1.29, 1.82) is 0 Å². The number of rotatable bonds is 1. The SMILES string of the molecule is S=c1[nH]c2cc(Br)ccc2n1N1CCOCC1. The van der Waals surface area contributed by atoms with E-state index in [9.17, 15) is 0 Å². The summed E-state index contributed by atoms with van der Waals surface area (Å²) in [5, 5.41) is 2.22. The van der Waals surface area contributed by atoms with Gasteiger partial charge in [-0.05, 0) is 30.4 Å². The zero-order valence-corrected chi connectivity index (χ0v) is 11.6. The Labute approximate surface area is 112 Å². The third-order valence-electron chi connectivity index (χ3n) is 2.89. The molecule has 0 bridgehead atoms. The summed E-state index contributed by atoms with van der Waals surface area (Å²) in [6.07, 6.45) is 0. The van der Waals surface area contributed by atoms with Crippen LogP contribution >= 0.6 is 28.1 Å². The van der Waals surface area contributed by atoms with Gasteiger partial charge in [0.1, 0.15) is 0 Å². The van der Waals surface area contributed by atoms with Gasteiger partial charge in [-0.2, -0.15) is 0 Å². The van der Waals surface area contributed by atoms with E-state index in [0.717, 1.165) is 46.6 Å². The van der Waals surface area contributed by atoms with Crippen LogP contribution in [0.2, 0.25) is 0 Å². The lowest BCUT2D eigenvalue weighted by Crippen LogP contribution is -2.43. The van der Waals surface area contributed by atoms with Crippen LogP contribution in [0.5, 0.6) is 0 Å². The molecule has 17 heavy (non-hydrogen) atoms. The average molecular weight is 314 g/mol. The Morgan fingerprint density at radius 1 is 1.29 bits per heavy atom. The summed E-state index contributed by atoms with van der Waals surface area (Å²) >= 11 is 8.85. The van der Waals surface area contributed by atoms with Gasteiger partial charge in [0.05, 0.1) is 37.3 Å². The number of hydrogen-bond acceptors (Lipinski definition) is 3. The number of aromatic amines is 1. The van der Waals surface area contributed by atoms with Crippen LogP contribution in [0, 0.1) is 4.77 Å². The van der Waals surface area contributed by atoms with Gasteiger partial charge in [0, 0.05) is 4.47 Å². The van der Waals surface area contributed by atoms with Crippen molar-refractivity contribution < 1.29 is 4.74 Å². The molecule has 2 aromatic rings. The lowest BCUT2D eigenvalue weighted by molar-refractivity contribution is 0.111. The van der Waals surface area contributed by atoms with Gasteiger partial charge < -0.3 is 14.7 Å². The fourth-order valence-electron chi connectivity index (χ4n) is 2.11. The molecule has 1 aromatic carbocycles. The van der Waals surface area contributed by atoms with Crippen LogP contribution in [0.3, 0.4) is 0 Å². The van der Waals surface area contributed by atoms with Crippen LogP contribution in [-0.4, -0.2) is 36.0 Å². The standard InChI is InChI=1S/C11H12BrN3OS/c12-8-1-2-10-9(7-8)13-11(17)15(10)14-3-5-16-6-4-14/h1-2,7H,3-6H2,(H,13,17). The first-order chi connectivity index (χ1) is 8.25. The van der Waals surface area contributed by atoms with E-state index < -0.39 is 0 Å². The molecule has 1 fully saturated rings. The van der Waals surface area contributed by atoms with Crippen molar-refractivity contribution in [3.63, 3.8) is 0 Å². The molecule has 0 saturated carbocycles. The summed E-state index contributed by atoms with van der Waals surface area (Å²) < 4.78 is 9.22. The minimum Gasteiger partial charge on any atom is -0.378 e. The van der Waals surface area contributed by atoms with Gasteiger partial charge in [0.25, 0.3) is 0 Å². The van der Waals surface area contributed by atoms with Crippen LogP contribution in [-0.2, 0) is 4.74 Å². The highest BCUT2D eigenvalue weighted by Gasteiger charge is 2.14. The Hall–Kier alpha value is -0.850. The second-order valence-electron chi connectivity index (χ2n) is 3.97. The molecule has 0 atom stereocenters. The molecule has 1 aliphatic rings. The van der Waals surface area contributed by atoms with E-state index in [1.54, 1.807) is 0 Å². The highest BCUT2D eigenvalue weighted by Crippen LogP contribution is 2.20. The Kier molecular flexibility index (Phi) is 2.94. The second-order valence-corrected chi connectivity index (χ2v) is 5.27. The fourth-order valence-corrected chi connectivity index (χ4v) is 2.79. The number of fused-ring (bicyclic) bond motifs is 1. The van der Waals surface area contributed by atoms with E-state index in [0.29, 0.717) is 0 Å². The summed E-state index contributed by atoms with van der Waals surface area (Å²) in [6, 6.07) is 6.14. The van der Waals surface area contributed by atoms with Crippen molar-refractivity contribution in [2.45, 2.75) is 0 Å². The maximum absolute atomic E-state index is 5.39. The maximum Gasteiger partial charge on any atom is 0.197 e. The molecule has 0 amide bonds. The van der Waals surface area contributed by atoms with Crippen LogP contribution in [0.1, 0.15) is 0 Å². The molecule has 2 heterocycles. The van der Waals surface area contributed by atoms with Gasteiger partial charge in [0.2, 0.25) is 0 Å². The zero-order chi connectivity index (χ0) is 11.8. The first-order valence-corrected chi connectivity index (χ1v) is 6.69. The minimum atomic E-state index is 0.736. The summed E-state index contributed by atoms with van der Waals surface area (Å²) in [5.74, 6) is 0. The Morgan fingerprint density at radius 2 is 2.06 bits per heavy atom. The third kappa shape index (κ3) is 2.00. The summed E-state index contributed by atoms with van der Waals surface area (Å²) in [5.41, 5.74) is 2.16. The first kappa shape index (κ1) is 11.3. The van der Waals surface area contributed by atoms with Gasteiger partial charge in [-0.15, -0.1) is 0 Å². The molecule has 90 valence electrons. The summed E-state index contributed by atoms with van der Waals surface area (Å²) in [4.78, 5) is 3.23. The van der Waals surface area contributed by atoms with E-state index in [1.165, 1.54) is 0 Å². The summed E-state index contributed by atoms with van der Waals surface area (Å²) in [6.45, 7) is 3.25. The van der Waals surface area contributed by atoms with Gasteiger partial charge in [-0.1, -0.05) is 15.9 Å². The molecular weight excluding hydrogens is 302 g/mol. The Balaban J connectivity index is 2.14. The van der Waals surface area contributed by atoms with E-state index in [1.807, 2.05) is 12.1 Å². The third-order valence-corrected chi connectivity index (χ3v) is 3.66. The highest BCUT2D eigenvalue weighted by atomic mass is 79.9. The van der Waals surface area contributed by atoms with Gasteiger partial charge in [-0.25, -0.2) is 4.68 Å². The van der Waals surface area contributed by atoms with Crippen molar-refractivity contribution in [2.75, 3.05) is 31.3 Å². The number of nitrogens with zero attached hydrogens (tertiary/aromatic N) is 2. The smallest absolute Gasteiger partial charge is 0.197 e. The normalized spacial score (nSPS) is 16.6. The number of halogens is 1. The lowest BCUT2D eigenvalue weighted by atomic mass is 10.3. The largest absolute Gasteiger partial charge is 0.378 e. The van der Waals surface area contributed by atoms with E-state index in [2.05, 4.69) is 36.7 Å². The van der Waals surface area contributed by atoms with E-state index >= 15 is 0 Å². The molecular formula is C11H12BrN3OS. The van der Waals surface area contributed by atoms with Crippen molar-refractivity contribution >= 4 is 39.2 Å². The monoisotopic (exact) mass is 313 g/mol. The molecule has 0 unspecified atom stereocenters. The lowest BCUT2D eigenvalue weighted by Gasteiger charge is -2.29. The quantitative estimate of drug-likeness (QED) is 0.821. The number of hydrogen-bond donors (Lipinski definition) is 1. The van der Waals surface area contributed by atoms with E-state index in [-0.39, 0.29) is 0 Å². The number of aromatic nitrogens is 2. The fraction of sp³-hybridized carbons (Fsp3) is 0.364. The molecule has 1 N–H and O–H groups in total. The maximum atomic E-state index is 5.39. The number of morpholine rings is 1. The van der Waals surface area contributed by atoms with Crippen LogP contribution < -0.4 is 5.01 Å². The molecule has 0 radical (unpaired) electrons. The molecule has 4 nitrogen and oxygen atoms in total. The second kappa shape index (κ2) is 4.44. The highest BCUT2D eigenvalue weighted by molar-refractivity contribution is 9.10. The van der Waals surface area contributed by atoms with Crippen molar-refractivity contribution in [3.05, 3.63) is 27.4 Å². The van der Waals surface area contributed by atoms with Crippen molar-refractivity contribution in [2.24, 2.45) is 0 Å². The molecule has 3 rings (SSSR count). The number of H-pyrrole nitrogens is 1. The van der Waals surface area contributed by atoms with Gasteiger partial charge >= 0.3 is 0 Å². The zero-order valence-electron chi connectivity index (χ0n) is 9.15. The van der Waals surface area contributed by atoms with Gasteiger partial charge in [0.15, 0.2) is 4.77 Å². The number of nitrogens with one attached hydrogen (secondary N) is 1. The van der Waals surface area contributed by atoms with Crippen molar-refractivity contribution in [3.8, 4) is 0 Å². The Bertz CT molecular complexity index is 600. The molecule has 1 aromatic heterocycles. The van der Waals surface area contributed by atoms with Gasteiger partial charge in [-0.3, -0.25) is 0 Å². The van der Waals surface area contributed by atoms with Crippen LogP contribution in [0.25, 0.3) is 11.0 Å². The first-order valence-electron chi connectivity index (χ1n) is 5.49. The number of benzene rings is 1. The Morgan fingerprint density at radius 3 is 2.82 bits per heavy atom. The van der Waals surface area contributed by atoms with Crippen molar-refractivity contribution in [1.82, 2.24) is 9.66 Å². The molecule has 0 spiro atoms. The minimum absolute atomic E-state index is 0.736. The number of ether oxygens (including phenoxy) is 1. The van der Waals surface area contributed by atoms with E-state index in [4.69, 9.17) is 17.0 Å². The number of imidazole rings is 1.